The fourth-order valence-electron chi connectivity index (χ4n) is 2.55. The van der Waals surface area contributed by atoms with Gasteiger partial charge in [0.05, 0.1) is 13.1 Å². The van der Waals surface area contributed by atoms with Gasteiger partial charge in [0.15, 0.2) is 0 Å². The zero-order valence-corrected chi connectivity index (χ0v) is 14.1. The van der Waals surface area contributed by atoms with Crippen molar-refractivity contribution in [3.05, 3.63) is 29.3 Å². The Morgan fingerprint density at radius 2 is 1.45 bits per heavy atom. The minimum atomic E-state index is 0.504. The van der Waals surface area contributed by atoms with E-state index in [0.29, 0.717) is 11.8 Å². The van der Waals surface area contributed by atoms with E-state index < -0.39 is 0 Å². The summed E-state index contributed by atoms with van der Waals surface area (Å²) in [6.45, 7) is 17.7. The van der Waals surface area contributed by atoms with Gasteiger partial charge < -0.3 is 9.64 Å². The second kappa shape index (κ2) is 8.31. The summed E-state index contributed by atoms with van der Waals surface area (Å²) in [4.78, 5) is 1.60. The molecule has 0 saturated heterocycles. The number of hydrogen-bond acceptors (Lipinski definition) is 1. The molecule has 0 aliphatic rings. The number of hydrogen-bond donors (Lipinski definition) is 1. The molecule has 0 saturated carbocycles. The number of rotatable bonds is 8. The fourth-order valence-corrected chi connectivity index (χ4v) is 2.55. The first kappa shape index (κ1) is 17.0. The summed E-state index contributed by atoms with van der Waals surface area (Å²) in [6.07, 6.45) is 0. The van der Waals surface area contributed by atoms with Crippen molar-refractivity contribution < 1.29 is 9.64 Å². The molecule has 0 aromatic heterocycles. The number of benzene rings is 1. The van der Waals surface area contributed by atoms with Gasteiger partial charge in [-0.15, -0.1) is 0 Å². The SMILES string of the molecule is CC[NH+](CC)CCOc1c(C(C)C)cccc1C(C)C. The zero-order valence-electron chi connectivity index (χ0n) is 14.1. The van der Waals surface area contributed by atoms with Crippen LogP contribution in [0.1, 0.15) is 64.5 Å². The molecule has 1 aromatic rings. The molecule has 20 heavy (non-hydrogen) atoms. The first-order valence-electron chi connectivity index (χ1n) is 8.10. The van der Waals surface area contributed by atoms with Gasteiger partial charge >= 0.3 is 0 Å². The molecular formula is C18H32NO+. The van der Waals surface area contributed by atoms with E-state index >= 15 is 0 Å². The molecule has 0 heterocycles. The van der Waals surface area contributed by atoms with Crippen LogP contribution in [0.5, 0.6) is 5.75 Å². The molecule has 2 nitrogen and oxygen atoms in total. The molecule has 0 unspecified atom stereocenters. The lowest BCUT2D eigenvalue weighted by Crippen LogP contribution is -3.12. The molecule has 1 aromatic carbocycles. The Hall–Kier alpha value is -1.02. The van der Waals surface area contributed by atoms with Crippen LogP contribution in [0, 0.1) is 0 Å². The Morgan fingerprint density at radius 3 is 1.85 bits per heavy atom. The van der Waals surface area contributed by atoms with Crippen molar-refractivity contribution in [1.29, 1.82) is 0 Å². The predicted octanol–water partition coefficient (Wildman–Crippen LogP) is 3.24. The zero-order chi connectivity index (χ0) is 15.1. The maximum Gasteiger partial charge on any atom is 0.137 e. The van der Waals surface area contributed by atoms with Crippen LogP contribution in [0.4, 0.5) is 0 Å². The summed E-state index contributed by atoms with van der Waals surface area (Å²) in [6, 6.07) is 6.57. The van der Waals surface area contributed by atoms with Gasteiger partial charge in [0.25, 0.3) is 0 Å². The number of likely N-dealkylation sites (N-methyl/N-ethyl adjacent to an activating group) is 1. The Labute approximate surface area is 125 Å². The number of para-hydroxylation sites is 1. The van der Waals surface area contributed by atoms with Crippen LogP contribution in [0.25, 0.3) is 0 Å². The van der Waals surface area contributed by atoms with Gasteiger partial charge in [0, 0.05) is 0 Å². The molecule has 0 aliphatic carbocycles. The molecule has 0 radical (unpaired) electrons. The van der Waals surface area contributed by atoms with Gasteiger partial charge in [-0.1, -0.05) is 45.9 Å². The highest BCUT2D eigenvalue weighted by atomic mass is 16.5. The van der Waals surface area contributed by atoms with E-state index in [4.69, 9.17) is 4.74 Å². The number of nitrogens with one attached hydrogen (secondary N) is 1. The van der Waals surface area contributed by atoms with Gasteiger partial charge in [0.2, 0.25) is 0 Å². The minimum Gasteiger partial charge on any atom is -0.487 e. The van der Waals surface area contributed by atoms with Crippen molar-refractivity contribution in [1.82, 2.24) is 0 Å². The second-order valence-corrected chi connectivity index (χ2v) is 6.13. The third-order valence-electron chi connectivity index (χ3n) is 4.02. The molecule has 0 spiro atoms. The summed E-state index contributed by atoms with van der Waals surface area (Å²) in [5.74, 6) is 2.14. The van der Waals surface area contributed by atoms with Crippen molar-refractivity contribution in [2.45, 2.75) is 53.4 Å². The van der Waals surface area contributed by atoms with E-state index in [1.54, 1.807) is 4.90 Å². The monoisotopic (exact) mass is 278 g/mol. The van der Waals surface area contributed by atoms with Gasteiger partial charge in [-0.2, -0.15) is 0 Å². The third-order valence-corrected chi connectivity index (χ3v) is 4.02. The van der Waals surface area contributed by atoms with Crippen molar-refractivity contribution in [2.24, 2.45) is 0 Å². The Kier molecular flexibility index (Phi) is 7.08. The summed E-state index contributed by atoms with van der Waals surface area (Å²) in [7, 11) is 0. The average molecular weight is 278 g/mol. The lowest BCUT2D eigenvalue weighted by atomic mass is 9.94. The lowest BCUT2D eigenvalue weighted by Gasteiger charge is -2.21. The molecule has 2 heteroatoms. The Morgan fingerprint density at radius 1 is 0.950 bits per heavy atom. The minimum absolute atomic E-state index is 0.504. The second-order valence-electron chi connectivity index (χ2n) is 6.13. The maximum atomic E-state index is 6.20. The van der Waals surface area contributed by atoms with Gasteiger partial charge in [-0.25, -0.2) is 0 Å². The van der Waals surface area contributed by atoms with E-state index in [1.165, 1.54) is 24.2 Å². The normalized spacial score (nSPS) is 11.7. The quantitative estimate of drug-likeness (QED) is 0.771. The van der Waals surface area contributed by atoms with Crippen molar-refractivity contribution >= 4 is 0 Å². The largest absolute Gasteiger partial charge is 0.487 e. The van der Waals surface area contributed by atoms with E-state index in [9.17, 15) is 0 Å². The first-order chi connectivity index (χ1) is 9.51. The molecule has 1 N–H and O–H groups in total. The molecule has 0 atom stereocenters. The Balaban J connectivity index is 2.85. The highest BCUT2D eigenvalue weighted by Crippen LogP contribution is 2.34. The summed E-state index contributed by atoms with van der Waals surface area (Å²) < 4.78 is 6.20. The third kappa shape index (κ3) is 4.52. The van der Waals surface area contributed by atoms with Crippen LogP contribution in [0.2, 0.25) is 0 Å². The van der Waals surface area contributed by atoms with Crippen LogP contribution in [0.15, 0.2) is 18.2 Å². The van der Waals surface area contributed by atoms with Crippen LogP contribution >= 0.6 is 0 Å². The van der Waals surface area contributed by atoms with Crippen molar-refractivity contribution in [2.75, 3.05) is 26.2 Å². The maximum absolute atomic E-state index is 6.20. The fraction of sp³-hybridized carbons (Fsp3) is 0.667. The van der Waals surface area contributed by atoms with Gasteiger partial charge in [0.1, 0.15) is 18.9 Å². The van der Waals surface area contributed by atoms with Crippen molar-refractivity contribution in [3.63, 3.8) is 0 Å². The summed E-state index contributed by atoms with van der Waals surface area (Å²) in [5, 5.41) is 0. The van der Waals surface area contributed by atoms with Gasteiger partial charge in [-0.05, 0) is 36.8 Å². The first-order valence-corrected chi connectivity index (χ1v) is 8.10. The van der Waals surface area contributed by atoms with Crippen LogP contribution in [0.3, 0.4) is 0 Å². The lowest BCUT2D eigenvalue weighted by molar-refractivity contribution is -0.896. The predicted molar refractivity (Wildman–Crippen MR) is 87.0 cm³/mol. The van der Waals surface area contributed by atoms with Crippen LogP contribution < -0.4 is 9.64 Å². The highest BCUT2D eigenvalue weighted by molar-refractivity contribution is 5.44. The molecule has 0 bridgehead atoms. The smallest absolute Gasteiger partial charge is 0.137 e. The van der Waals surface area contributed by atoms with Crippen LogP contribution in [-0.2, 0) is 0 Å². The van der Waals surface area contributed by atoms with Crippen LogP contribution in [-0.4, -0.2) is 26.2 Å². The van der Waals surface area contributed by atoms with E-state index in [0.717, 1.165) is 18.9 Å². The molecule has 1 rings (SSSR count). The topological polar surface area (TPSA) is 13.7 Å². The summed E-state index contributed by atoms with van der Waals surface area (Å²) >= 11 is 0. The molecular weight excluding hydrogens is 246 g/mol. The van der Waals surface area contributed by atoms with Gasteiger partial charge in [-0.3, -0.25) is 0 Å². The molecule has 114 valence electrons. The highest BCUT2D eigenvalue weighted by Gasteiger charge is 2.15. The molecule has 0 aliphatic heterocycles. The van der Waals surface area contributed by atoms with E-state index in [-0.39, 0.29) is 0 Å². The van der Waals surface area contributed by atoms with E-state index in [2.05, 4.69) is 59.7 Å². The van der Waals surface area contributed by atoms with Crippen molar-refractivity contribution in [3.8, 4) is 5.75 Å². The molecule has 0 fully saturated rings. The molecule has 0 amide bonds. The standard InChI is InChI=1S/C18H31NO/c1-7-19(8-2)12-13-20-18-16(14(3)4)10-9-11-17(18)15(5)6/h9-11,14-15H,7-8,12-13H2,1-6H3/p+1. The number of quaternary nitrogens is 1. The Bertz CT molecular complexity index is 368. The van der Waals surface area contributed by atoms with E-state index in [1.807, 2.05) is 0 Å². The summed E-state index contributed by atoms with van der Waals surface area (Å²) in [5.41, 5.74) is 2.68. The number of ether oxygens (including phenoxy) is 1. The average Bonchev–Trinajstić information content (AvgIpc) is 2.43.